The minimum absolute atomic E-state index is 0.102. The molecule has 1 N–H and O–H groups in total. The van der Waals surface area contributed by atoms with Crippen LogP contribution in [0.15, 0.2) is 18.2 Å². The summed E-state index contributed by atoms with van der Waals surface area (Å²) in [7, 11) is 0. The Labute approximate surface area is 127 Å². The first kappa shape index (κ1) is 14.4. The summed E-state index contributed by atoms with van der Waals surface area (Å²) in [6.45, 7) is 2.84. The van der Waals surface area contributed by atoms with Crippen molar-refractivity contribution >= 4 is 5.69 Å². The van der Waals surface area contributed by atoms with Crippen LogP contribution in [-0.4, -0.2) is 18.2 Å². The molecule has 2 aliphatic rings. The van der Waals surface area contributed by atoms with E-state index in [1.165, 1.54) is 32.1 Å². The molecule has 1 saturated heterocycles. The van der Waals surface area contributed by atoms with E-state index in [1.54, 1.807) is 0 Å². The van der Waals surface area contributed by atoms with Crippen molar-refractivity contribution in [2.75, 3.05) is 11.9 Å². The average Bonchev–Trinajstić information content (AvgIpc) is 2.48. The fourth-order valence-electron chi connectivity index (χ4n) is 3.85. The number of nitriles is 1. The third-order valence-electron chi connectivity index (χ3n) is 5.00. The van der Waals surface area contributed by atoms with Gasteiger partial charge in [-0.3, -0.25) is 0 Å². The van der Waals surface area contributed by atoms with Gasteiger partial charge in [0, 0.05) is 12.6 Å². The first-order valence-electron chi connectivity index (χ1n) is 8.13. The molecule has 112 valence electrons. The van der Waals surface area contributed by atoms with Crippen LogP contribution in [0.5, 0.6) is 0 Å². The standard InChI is InChI=1S/C18H24N2O/c1-14-6-5-7-17(16(14)13-19)20-15-8-11-21-18(12-15)9-3-2-4-10-18/h5-7,15,20H,2-4,8-12H2,1H3. The molecular formula is C18H24N2O. The van der Waals surface area contributed by atoms with Crippen molar-refractivity contribution < 1.29 is 4.74 Å². The molecule has 1 aromatic carbocycles. The van der Waals surface area contributed by atoms with Gasteiger partial charge in [-0.1, -0.05) is 31.4 Å². The number of anilines is 1. The molecule has 1 heterocycles. The summed E-state index contributed by atoms with van der Waals surface area (Å²) >= 11 is 0. The van der Waals surface area contributed by atoms with Crippen LogP contribution in [-0.2, 0) is 4.74 Å². The van der Waals surface area contributed by atoms with Crippen LogP contribution in [0.2, 0.25) is 0 Å². The lowest BCUT2D eigenvalue weighted by Gasteiger charge is -2.44. The summed E-state index contributed by atoms with van der Waals surface area (Å²) < 4.78 is 6.15. The van der Waals surface area contributed by atoms with E-state index in [0.717, 1.165) is 36.3 Å². The molecule has 1 spiro atoms. The summed E-state index contributed by atoms with van der Waals surface area (Å²) in [5, 5.41) is 13.0. The first-order valence-corrected chi connectivity index (χ1v) is 8.13. The zero-order valence-corrected chi connectivity index (χ0v) is 12.8. The second-order valence-corrected chi connectivity index (χ2v) is 6.54. The predicted octanol–water partition coefficient (Wildman–Crippen LogP) is 4.16. The SMILES string of the molecule is Cc1cccc(NC2CCOC3(CCCCC3)C2)c1C#N. The number of aryl methyl sites for hydroxylation is 1. The first-order chi connectivity index (χ1) is 10.2. The summed E-state index contributed by atoms with van der Waals surface area (Å²) in [6, 6.07) is 8.79. The van der Waals surface area contributed by atoms with E-state index in [-0.39, 0.29) is 5.60 Å². The van der Waals surface area contributed by atoms with E-state index in [4.69, 9.17) is 4.74 Å². The lowest BCUT2D eigenvalue weighted by atomic mass is 9.78. The lowest BCUT2D eigenvalue weighted by molar-refractivity contribution is -0.103. The van der Waals surface area contributed by atoms with Crippen molar-refractivity contribution in [3.8, 4) is 6.07 Å². The number of nitrogens with zero attached hydrogens (tertiary/aromatic N) is 1. The van der Waals surface area contributed by atoms with Crippen LogP contribution in [0, 0.1) is 18.3 Å². The molecule has 1 unspecified atom stereocenters. The molecule has 2 fully saturated rings. The van der Waals surface area contributed by atoms with Crippen LogP contribution in [0.25, 0.3) is 0 Å². The van der Waals surface area contributed by atoms with E-state index in [0.29, 0.717) is 6.04 Å². The maximum absolute atomic E-state index is 9.36. The Hall–Kier alpha value is -1.53. The molecule has 1 aliphatic heterocycles. The molecule has 0 aromatic heterocycles. The number of hydrogen-bond donors (Lipinski definition) is 1. The number of ether oxygens (including phenoxy) is 1. The lowest BCUT2D eigenvalue weighted by Crippen LogP contribution is -2.45. The van der Waals surface area contributed by atoms with Gasteiger partial charge in [-0.25, -0.2) is 0 Å². The molecule has 1 atom stereocenters. The van der Waals surface area contributed by atoms with Crippen molar-refractivity contribution in [2.45, 2.75) is 63.5 Å². The smallest absolute Gasteiger partial charge is 0.102 e. The van der Waals surface area contributed by atoms with Crippen LogP contribution in [0.3, 0.4) is 0 Å². The van der Waals surface area contributed by atoms with Crippen molar-refractivity contribution in [3.63, 3.8) is 0 Å². The Balaban J connectivity index is 1.73. The minimum atomic E-state index is 0.102. The Kier molecular flexibility index (Phi) is 4.17. The van der Waals surface area contributed by atoms with Crippen molar-refractivity contribution in [2.24, 2.45) is 0 Å². The van der Waals surface area contributed by atoms with Gasteiger partial charge >= 0.3 is 0 Å². The van der Waals surface area contributed by atoms with E-state index >= 15 is 0 Å². The average molecular weight is 284 g/mol. The molecule has 1 aliphatic carbocycles. The van der Waals surface area contributed by atoms with Crippen molar-refractivity contribution in [1.82, 2.24) is 0 Å². The number of benzene rings is 1. The molecule has 3 heteroatoms. The van der Waals surface area contributed by atoms with Gasteiger partial charge in [-0.05, 0) is 44.2 Å². The molecule has 3 rings (SSSR count). The molecule has 1 aromatic rings. The van der Waals surface area contributed by atoms with Gasteiger partial charge in [0.2, 0.25) is 0 Å². The van der Waals surface area contributed by atoms with Gasteiger partial charge < -0.3 is 10.1 Å². The maximum atomic E-state index is 9.36. The molecule has 0 bridgehead atoms. The van der Waals surface area contributed by atoms with Crippen LogP contribution < -0.4 is 5.32 Å². The van der Waals surface area contributed by atoms with Crippen molar-refractivity contribution in [3.05, 3.63) is 29.3 Å². The Morgan fingerprint density at radius 2 is 2.10 bits per heavy atom. The normalized spacial score (nSPS) is 24.5. The number of rotatable bonds is 2. The topological polar surface area (TPSA) is 45.0 Å². The van der Waals surface area contributed by atoms with Gasteiger partial charge in [-0.15, -0.1) is 0 Å². The monoisotopic (exact) mass is 284 g/mol. The maximum Gasteiger partial charge on any atom is 0.102 e. The summed E-state index contributed by atoms with van der Waals surface area (Å²) in [4.78, 5) is 0. The van der Waals surface area contributed by atoms with Crippen LogP contribution in [0.1, 0.15) is 56.1 Å². The van der Waals surface area contributed by atoms with Gasteiger partial charge in [-0.2, -0.15) is 5.26 Å². The molecular weight excluding hydrogens is 260 g/mol. The van der Waals surface area contributed by atoms with E-state index in [1.807, 2.05) is 25.1 Å². The number of hydrogen-bond acceptors (Lipinski definition) is 3. The van der Waals surface area contributed by atoms with Crippen molar-refractivity contribution in [1.29, 1.82) is 5.26 Å². The van der Waals surface area contributed by atoms with E-state index in [2.05, 4.69) is 11.4 Å². The zero-order valence-electron chi connectivity index (χ0n) is 12.8. The second kappa shape index (κ2) is 6.07. The van der Waals surface area contributed by atoms with Gasteiger partial charge in [0.05, 0.1) is 16.9 Å². The highest BCUT2D eigenvalue weighted by Gasteiger charge is 2.38. The second-order valence-electron chi connectivity index (χ2n) is 6.54. The largest absolute Gasteiger partial charge is 0.381 e. The highest BCUT2D eigenvalue weighted by atomic mass is 16.5. The van der Waals surface area contributed by atoms with E-state index < -0.39 is 0 Å². The zero-order chi connectivity index (χ0) is 14.7. The molecule has 21 heavy (non-hydrogen) atoms. The summed E-state index contributed by atoms with van der Waals surface area (Å²) in [5.74, 6) is 0. The highest BCUT2D eigenvalue weighted by molar-refractivity contribution is 5.61. The van der Waals surface area contributed by atoms with E-state index in [9.17, 15) is 5.26 Å². The van der Waals surface area contributed by atoms with Crippen LogP contribution >= 0.6 is 0 Å². The van der Waals surface area contributed by atoms with Crippen LogP contribution in [0.4, 0.5) is 5.69 Å². The predicted molar refractivity (Wildman–Crippen MR) is 84.3 cm³/mol. The summed E-state index contributed by atoms with van der Waals surface area (Å²) in [5.41, 5.74) is 2.91. The van der Waals surface area contributed by atoms with Gasteiger partial charge in [0.25, 0.3) is 0 Å². The quantitative estimate of drug-likeness (QED) is 0.887. The molecule has 3 nitrogen and oxygen atoms in total. The number of nitrogens with one attached hydrogen (secondary N) is 1. The molecule has 0 radical (unpaired) electrons. The third-order valence-corrected chi connectivity index (χ3v) is 5.00. The fourth-order valence-corrected chi connectivity index (χ4v) is 3.85. The highest BCUT2D eigenvalue weighted by Crippen LogP contribution is 2.39. The summed E-state index contributed by atoms with van der Waals surface area (Å²) in [6.07, 6.45) is 8.43. The van der Waals surface area contributed by atoms with Gasteiger partial charge in [0.1, 0.15) is 6.07 Å². The molecule has 1 saturated carbocycles. The fraction of sp³-hybridized carbons (Fsp3) is 0.611. The third kappa shape index (κ3) is 3.06. The Morgan fingerprint density at radius 1 is 1.29 bits per heavy atom. The van der Waals surface area contributed by atoms with Gasteiger partial charge in [0.15, 0.2) is 0 Å². The Morgan fingerprint density at radius 3 is 2.86 bits per heavy atom. The minimum Gasteiger partial charge on any atom is -0.381 e. The Bertz CT molecular complexity index is 535. The molecule has 0 amide bonds.